The number of fused-ring (bicyclic) bond motifs is 1. The molecule has 0 saturated carbocycles. The summed E-state index contributed by atoms with van der Waals surface area (Å²) in [5.74, 6) is 5.55. The van der Waals surface area contributed by atoms with E-state index in [0.29, 0.717) is 0 Å². The highest BCUT2D eigenvalue weighted by Gasteiger charge is 2.14. The van der Waals surface area contributed by atoms with Crippen molar-refractivity contribution < 1.29 is 0 Å². The van der Waals surface area contributed by atoms with Gasteiger partial charge in [-0.1, -0.05) is 6.08 Å². The third kappa shape index (κ3) is 1.95. The number of hydrogen-bond donors (Lipinski definition) is 2. The van der Waals surface area contributed by atoms with Gasteiger partial charge in [0.05, 0.1) is 24.0 Å². The lowest BCUT2D eigenvalue weighted by Gasteiger charge is -2.13. The molecule has 2 aromatic heterocycles. The number of hydrogen-bond acceptors (Lipinski definition) is 4. The zero-order valence-corrected chi connectivity index (χ0v) is 9.00. The van der Waals surface area contributed by atoms with E-state index in [4.69, 9.17) is 5.84 Å². The molecule has 84 valence electrons. The quantitative estimate of drug-likeness (QED) is 0.448. The van der Waals surface area contributed by atoms with Crippen molar-refractivity contribution in [2.45, 2.75) is 18.9 Å². The van der Waals surface area contributed by atoms with Crippen LogP contribution in [-0.2, 0) is 0 Å². The van der Waals surface area contributed by atoms with Gasteiger partial charge in [0, 0.05) is 18.0 Å². The molecule has 2 heterocycles. The Hall–Kier alpha value is -1.72. The summed E-state index contributed by atoms with van der Waals surface area (Å²) in [5, 5.41) is 4.25. The number of allylic oxidation sites excluding steroid dienone is 1. The van der Waals surface area contributed by atoms with Gasteiger partial charge in [0.1, 0.15) is 0 Å². The van der Waals surface area contributed by atoms with Crippen LogP contribution in [0.1, 0.15) is 24.4 Å². The number of nitrogens with one attached hydrogen (secondary N) is 1. The van der Waals surface area contributed by atoms with Crippen molar-refractivity contribution in [1.82, 2.24) is 20.0 Å². The Morgan fingerprint density at radius 3 is 3.19 bits per heavy atom. The molecule has 0 fully saturated rings. The summed E-state index contributed by atoms with van der Waals surface area (Å²) < 4.78 is 1.79. The number of aromatic nitrogens is 3. The van der Waals surface area contributed by atoms with Gasteiger partial charge in [-0.05, 0) is 12.8 Å². The molecule has 0 spiro atoms. The molecule has 0 aromatic carbocycles. The summed E-state index contributed by atoms with van der Waals surface area (Å²) in [4.78, 5) is 4.09. The highest BCUT2D eigenvalue weighted by atomic mass is 15.3. The van der Waals surface area contributed by atoms with Gasteiger partial charge in [0.2, 0.25) is 0 Å². The molecule has 2 rings (SSSR count). The molecule has 5 nitrogen and oxygen atoms in total. The number of hydrazine groups is 1. The summed E-state index contributed by atoms with van der Waals surface area (Å²) in [6.45, 7) is 3.71. The zero-order chi connectivity index (χ0) is 11.4. The Morgan fingerprint density at radius 1 is 1.56 bits per heavy atom. The predicted octanol–water partition coefficient (Wildman–Crippen LogP) is 1.20. The first-order valence-corrected chi connectivity index (χ1v) is 5.21. The summed E-state index contributed by atoms with van der Waals surface area (Å²) in [7, 11) is 0. The standard InChI is InChI=1S/C11H15N5/c1-2-3-4-10(15-12)9-7-14-16-6-5-13-8-11(9)16/h2,5-8,10,15H,1,3-4,12H2. The number of nitrogens with two attached hydrogens (primary N) is 1. The van der Waals surface area contributed by atoms with E-state index in [1.54, 1.807) is 16.9 Å². The summed E-state index contributed by atoms with van der Waals surface area (Å²) in [6.07, 6.45) is 10.8. The van der Waals surface area contributed by atoms with Gasteiger partial charge in [0.25, 0.3) is 0 Å². The van der Waals surface area contributed by atoms with Crippen LogP contribution in [0.15, 0.2) is 37.4 Å². The minimum absolute atomic E-state index is 0.0831. The van der Waals surface area contributed by atoms with Crippen LogP contribution in [0.3, 0.4) is 0 Å². The minimum atomic E-state index is 0.0831. The second kappa shape index (κ2) is 4.87. The van der Waals surface area contributed by atoms with Crippen molar-refractivity contribution in [1.29, 1.82) is 0 Å². The van der Waals surface area contributed by atoms with E-state index in [-0.39, 0.29) is 6.04 Å². The van der Waals surface area contributed by atoms with E-state index in [1.807, 2.05) is 18.5 Å². The largest absolute Gasteiger partial charge is 0.271 e. The third-order valence-corrected chi connectivity index (χ3v) is 2.59. The van der Waals surface area contributed by atoms with Crippen LogP contribution >= 0.6 is 0 Å². The van der Waals surface area contributed by atoms with Crippen LogP contribution in [0.5, 0.6) is 0 Å². The zero-order valence-electron chi connectivity index (χ0n) is 9.00. The maximum Gasteiger partial charge on any atom is 0.0893 e. The van der Waals surface area contributed by atoms with Crippen molar-refractivity contribution in [3.8, 4) is 0 Å². The highest BCUT2D eigenvalue weighted by Crippen LogP contribution is 2.21. The van der Waals surface area contributed by atoms with Crippen molar-refractivity contribution in [2.24, 2.45) is 5.84 Å². The molecular weight excluding hydrogens is 202 g/mol. The first kappa shape index (κ1) is 10.8. The molecule has 0 aliphatic rings. The molecule has 0 saturated heterocycles. The van der Waals surface area contributed by atoms with E-state index in [2.05, 4.69) is 22.1 Å². The summed E-state index contributed by atoms with van der Waals surface area (Å²) in [6, 6.07) is 0.0831. The highest BCUT2D eigenvalue weighted by molar-refractivity contribution is 5.53. The van der Waals surface area contributed by atoms with Gasteiger partial charge in [-0.2, -0.15) is 5.10 Å². The smallest absolute Gasteiger partial charge is 0.0893 e. The monoisotopic (exact) mass is 217 g/mol. The predicted molar refractivity (Wildman–Crippen MR) is 62.5 cm³/mol. The first-order valence-electron chi connectivity index (χ1n) is 5.21. The first-order chi connectivity index (χ1) is 7.86. The van der Waals surface area contributed by atoms with Gasteiger partial charge in [0.15, 0.2) is 0 Å². The lowest BCUT2D eigenvalue weighted by atomic mass is 10.0. The average molecular weight is 217 g/mol. The Balaban J connectivity index is 2.33. The van der Waals surface area contributed by atoms with Crippen LogP contribution in [0, 0.1) is 0 Å². The van der Waals surface area contributed by atoms with Crippen LogP contribution in [0.2, 0.25) is 0 Å². The van der Waals surface area contributed by atoms with E-state index in [9.17, 15) is 0 Å². The van der Waals surface area contributed by atoms with Gasteiger partial charge < -0.3 is 0 Å². The molecule has 16 heavy (non-hydrogen) atoms. The Bertz CT molecular complexity index is 476. The topological polar surface area (TPSA) is 68.2 Å². The molecule has 0 aliphatic carbocycles. The minimum Gasteiger partial charge on any atom is -0.271 e. The lowest BCUT2D eigenvalue weighted by Crippen LogP contribution is -2.27. The number of nitrogens with zero attached hydrogens (tertiary/aromatic N) is 3. The second-order valence-electron chi connectivity index (χ2n) is 3.59. The Labute approximate surface area is 94.0 Å². The molecule has 1 atom stereocenters. The Kier molecular flexibility index (Phi) is 3.28. The van der Waals surface area contributed by atoms with Crippen molar-refractivity contribution in [2.75, 3.05) is 0 Å². The van der Waals surface area contributed by atoms with Gasteiger partial charge in [-0.25, -0.2) is 4.52 Å². The van der Waals surface area contributed by atoms with Gasteiger partial charge in [-0.15, -0.1) is 6.58 Å². The number of rotatable bonds is 5. The average Bonchev–Trinajstić information content (AvgIpc) is 2.75. The van der Waals surface area contributed by atoms with Crippen LogP contribution in [-0.4, -0.2) is 14.6 Å². The van der Waals surface area contributed by atoms with Gasteiger partial charge >= 0.3 is 0 Å². The molecular formula is C11H15N5. The molecule has 0 bridgehead atoms. The van der Waals surface area contributed by atoms with Crippen LogP contribution in [0.4, 0.5) is 0 Å². The maximum absolute atomic E-state index is 5.55. The molecule has 3 N–H and O–H groups in total. The third-order valence-electron chi connectivity index (χ3n) is 2.59. The summed E-state index contributed by atoms with van der Waals surface area (Å²) >= 11 is 0. The fourth-order valence-electron chi connectivity index (χ4n) is 1.73. The van der Waals surface area contributed by atoms with E-state index in [0.717, 1.165) is 23.9 Å². The van der Waals surface area contributed by atoms with E-state index in [1.165, 1.54) is 0 Å². The SMILES string of the molecule is C=CCCC(NN)c1cnn2ccncc12. The van der Waals surface area contributed by atoms with Crippen LogP contribution < -0.4 is 11.3 Å². The van der Waals surface area contributed by atoms with Crippen molar-refractivity contribution >= 4 is 5.52 Å². The maximum atomic E-state index is 5.55. The molecule has 0 aliphatic heterocycles. The molecule has 5 heteroatoms. The molecule has 1 unspecified atom stereocenters. The molecule has 0 amide bonds. The van der Waals surface area contributed by atoms with Crippen LogP contribution in [0.25, 0.3) is 5.52 Å². The molecule has 2 aromatic rings. The van der Waals surface area contributed by atoms with Gasteiger partial charge in [-0.3, -0.25) is 16.3 Å². The fourth-order valence-corrected chi connectivity index (χ4v) is 1.73. The van der Waals surface area contributed by atoms with E-state index < -0.39 is 0 Å². The molecule has 0 radical (unpaired) electrons. The fraction of sp³-hybridized carbons (Fsp3) is 0.273. The van der Waals surface area contributed by atoms with Crippen molar-refractivity contribution in [3.05, 3.63) is 43.0 Å². The Morgan fingerprint density at radius 2 is 2.44 bits per heavy atom. The normalized spacial score (nSPS) is 12.8. The van der Waals surface area contributed by atoms with E-state index >= 15 is 0 Å². The second-order valence-corrected chi connectivity index (χ2v) is 3.59. The van der Waals surface area contributed by atoms with Crippen molar-refractivity contribution in [3.63, 3.8) is 0 Å². The summed E-state index contributed by atoms with van der Waals surface area (Å²) in [5.41, 5.74) is 4.85. The lowest BCUT2D eigenvalue weighted by molar-refractivity contribution is 0.524.